The summed E-state index contributed by atoms with van der Waals surface area (Å²) < 4.78 is 5.65. The average Bonchev–Trinajstić information content (AvgIpc) is 3.54. The summed E-state index contributed by atoms with van der Waals surface area (Å²) in [5.74, 6) is 0.585. The zero-order chi connectivity index (χ0) is 21.9. The second-order valence-electron chi connectivity index (χ2n) is 8.49. The fourth-order valence-corrected chi connectivity index (χ4v) is 4.21. The van der Waals surface area contributed by atoms with Gasteiger partial charge in [0, 0.05) is 30.8 Å². The van der Waals surface area contributed by atoms with Crippen molar-refractivity contribution in [3.05, 3.63) is 59.8 Å². The summed E-state index contributed by atoms with van der Waals surface area (Å²) in [4.78, 5) is 14.3. The molecule has 1 atom stereocenters. The number of likely N-dealkylation sites (tertiary alicyclic amines) is 1. The Kier molecular flexibility index (Phi) is 5.68. The molecule has 32 heavy (non-hydrogen) atoms. The number of benzene rings is 2. The van der Waals surface area contributed by atoms with Crippen LogP contribution in [-0.2, 0) is 11.2 Å². The average molecular weight is 431 g/mol. The third-order valence-corrected chi connectivity index (χ3v) is 5.91. The van der Waals surface area contributed by atoms with Crippen molar-refractivity contribution in [1.82, 2.24) is 20.4 Å². The quantitative estimate of drug-likeness (QED) is 0.602. The number of ether oxygens (including phenoxy) is 1. The number of carbonyl (C=O) groups excluding carboxylic acids is 1. The Hall–Kier alpha value is -3.52. The van der Waals surface area contributed by atoms with Crippen molar-refractivity contribution in [2.45, 2.75) is 25.3 Å². The maximum absolute atomic E-state index is 12.1. The molecule has 5 rings (SSSR count). The predicted molar refractivity (Wildman–Crippen MR) is 124 cm³/mol. The van der Waals surface area contributed by atoms with Crippen LogP contribution in [0.25, 0.3) is 10.9 Å². The maximum atomic E-state index is 12.1. The third kappa shape index (κ3) is 4.70. The number of aromatic nitrogens is 2. The zero-order valence-corrected chi connectivity index (χ0v) is 18.0. The topological polar surface area (TPSA) is 95.0 Å². The summed E-state index contributed by atoms with van der Waals surface area (Å²) in [6.07, 6.45) is 4.31. The van der Waals surface area contributed by atoms with Crippen molar-refractivity contribution in [3.8, 4) is 5.75 Å². The molecule has 1 unspecified atom stereocenters. The molecule has 3 aromatic rings. The highest BCUT2D eigenvalue weighted by molar-refractivity contribution is 6.15. The number of nitrogens with zero attached hydrogens (tertiary/aromatic N) is 4. The van der Waals surface area contributed by atoms with E-state index in [0.717, 1.165) is 60.2 Å². The summed E-state index contributed by atoms with van der Waals surface area (Å²) in [6.45, 7) is 1.93. The molecule has 2 aromatic carbocycles. The Balaban J connectivity index is 1.11. The Morgan fingerprint density at radius 2 is 2.09 bits per heavy atom. The number of nitrogens with one attached hydrogen (secondary N) is 2. The van der Waals surface area contributed by atoms with E-state index in [0.29, 0.717) is 5.75 Å². The van der Waals surface area contributed by atoms with Gasteiger partial charge in [0.2, 0.25) is 0 Å². The maximum Gasteiger partial charge on any atom is 0.258 e. The second-order valence-corrected chi connectivity index (χ2v) is 8.49. The number of rotatable bonds is 7. The first kappa shape index (κ1) is 20.4. The highest BCUT2D eigenvalue weighted by atomic mass is 16.5. The number of carbonyl (C=O) groups is 1. The minimum absolute atomic E-state index is 0.0226. The van der Waals surface area contributed by atoms with E-state index in [2.05, 4.69) is 49.8 Å². The van der Waals surface area contributed by atoms with Gasteiger partial charge in [-0.1, -0.05) is 6.07 Å². The molecule has 1 aromatic heterocycles. The third-order valence-electron chi connectivity index (χ3n) is 5.91. The standard InChI is InChI=1S/C24H26N6O2/c1-30-9-8-19(14-30)26-24(31)15-32-21-5-3-17(4-6-21)23-12-20(27-29-23)11-16-2-7-22-18(10-16)13-25-28-22/h2-7,10,13,19H,8-9,11-12,14-15H2,1H3,(H,25,28)(H,26,31). The number of hydrogen-bond donors (Lipinski definition) is 2. The van der Waals surface area contributed by atoms with Crippen molar-refractivity contribution in [2.24, 2.45) is 10.2 Å². The smallest absolute Gasteiger partial charge is 0.258 e. The lowest BCUT2D eigenvalue weighted by Crippen LogP contribution is -2.39. The van der Waals surface area contributed by atoms with Crippen LogP contribution in [-0.4, -0.2) is 65.2 Å². The van der Waals surface area contributed by atoms with E-state index in [1.54, 1.807) is 0 Å². The second kappa shape index (κ2) is 8.92. The normalized spacial score (nSPS) is 18.6. The Morgan fingerprint density at radius 3 is 2.91 bits per heavy atom. The lowest BCUT2D eigenvalue weighted by atomic mass is 10.0. The van der Waals surface area contributed by atoms with Gasteiger partial charge in [-0.15, -0.1) is 0 Å². The van der Waals surface area contributed by atoms with E-state index >= 15 is 0 Å². The van der Waals surface area contributed by atoms with Crippen molar-refractivity contribution >= 4 is 28.2 Å². The summed E-state index contributed by atoms with van der Waals surface area (Å²) in [6, 6.07) is 14.2. The molecule has 2 aliphatic rings. The summed E-state index contributed by atoms with van der Waals surface area (Å²) >= 11 is 0. The van der Waals surface area contributed by atoms with Gasteiger partial charge in [-0.2, -0.15) is 15.3 Å². The van der Waals surface area contributed by atoms with E-state index in [1.807, 2.05) is 36.5 Å². The molecule has 0 spiro atoms. The molecule has 0 bridgehead atoms. The fourth-order valence-electron chi connectivity index (χ4n) is 4.21. The van der Waals surface area contributed by atoms with Crippen molar-refractivity contribution in [2.75, 3.05) is 26.7 Å². The van der Waals surface area contributed by atoms with Gasteiger partial charge < -0.3 is 15.0 Å². The highest BCUT2D eigenvalue weighted by Crippen LogP contribution is 2.20. The number of fused-ring (bicyclic) bond motifs is 1. The molecular formula is C24H26N6O2. The molecule has 0 aliphatic carbocycles. The van der Waals surface area contributed by atoms with Gasteiger partial charge in [-0.05, 0) is 67.5 Å². The first-order valence-corrected chi connectivity index (χ1v) is 10.9. The van der Waals surface area contributed by atoms with Crippen molar-refractivity contribution in [1.29, 1.82) is 0 Å². The summed E-state index contributed by atoms with van der Waals surface area (Å²) in [7, 11) is 2.06. The zero-order valence-electron chi connectivity index (χ0n) is 18.0. The van der Waals surface area contributed by atoms with E-state index in [9.17, 15) is 4.79 Å². The molecule has 164 valence electrons. The Bertz CT molecular complexity index is 1180. The van der Waals surface area contributed by atoms with Gasteiger partial charge in [0.15, 0.2) is 6.61 Å². The molecule has 8 heteroatoms. The lowest BCUT2D eigenvalue weighted by Gasteiger charge is -2.13. The first-order chi connectivity index (χ1) is 15.6. The van der Waals surface area contributed by atoms with Crippen LogP contribution >= 0.6 is 0 Å². The molecule has 1 fully saturated rings. The Labute approximate surface area is 186 Å². The van der Waals surface area contributed by atoms with Crippen LogP contribution in [0.3, 0.4) is 0 Å². The van der Waals surface area contributed by atoms with Crippen LogP contribution in [0.5, 0.6) is 5.75 Å². The van der Waals surface area contributed by atoms with Crippen LogP contribution in [0.2, 0.25) is 0 Å². The number of aromatic amines is 1. The lowest BCUT2D eigenvalue weighted by molar-refractivity contribution is -0.123. The number of hydrogen-bond acceptors (Lipinski definition) is 6. The van der Waals surface area contributed by atoms with Crippen LogP contribution in [0.1, 0.15) is 24.0 Å². The molecular weight excluding hydrogens is 404 g/mol. The van der Waals surface area contributed by atoms with E-state index in [1.165, 1.54) is 5.56 Å². The number of likely N-dealkylation sites (N-methyl/N-ethyl adjacent to an activating group) is 1. The van der Waals surface area contributed by atoms with Gasteiger partial charge in [0.1, 0.15) is 5.75 Å². The molecule has 2 N–H and O–H groups in total. The van der Waals surface area contributed by atoms with E-state index in [-0.39, 0.29) is 18.6 Å². The molecule has 8 nitrogen and oxygen atoms in total. The van der Waals surface area contributed by atoms with Gasteiger partial charge in [-0.3, -0.25) is 9.89 Å². The van der Waals surface area contributed by atoms with Crippen LogP contribution in [0.4, 0.5) is 0 Å². The Morgan fingerprint density at radius 1 is 1.22 bits per heavy atom. The SMILES string of the molecule is CN1CCC(NC(=O)COc2ccc(C3=NN=C(Cc4ccc5[nH]ncc5c4)C3)cc2)C1. The molecule has 3 heterocycles. The largest absolute Gasteiger partial charge is 0.484 e. The van der Waals surface area contributed by atoms with E-state index < -0.39 is 0 Å². The monoisotopic (exact) mass is 430 g/mol. The highest BCUT2D eigenvalue weighted by Gasteiger charge is 2.21. The number of H-pyrrole nitrogens is 1. The summed E-state index contributed by atoms with van der Waals surface area (Å²) in [5.41, 5.74) is 5.22. The van der Waals surface area contributed by atoms with Gasteiger partial charge in [0.05, 0.1) is 23.1 Å². The minimum Gasteiger partial charge on any atom is -0.484 e. The van der Waals surface area contributed by atoms with Crippen molar-refractivity contribution in [3.63, 3.8) is 0 Å². The van der Waals surface area contributed by atoms with Crippen LogP contribution < -0.4 is 10.1 Å². The van der Waals surface area contributed by atoms with E-state index in [4.69, 9.17) is 4.74 Å². The van der Waals surface area contributed by atoms with Gasteiger partial charge >= 0.3 is 0 Å². The van der Waals surface area contributed by atoms with Crippen LogP contribution in [0, 0.1) is 0 Å². The number of amides is 1. The molecule has 0 radical (unpaired) electrons. The molecule has 0 saturated carbocycles. The van der Waals surface area contributed by atoms with Gasteiger partial charge in [0.25, 0.3) is 5.91 Å². The molecule has 1 saturated heterocycles. The predicted octanol–water partition coefficient (Wildman–Crippen LogP) is 2.55. The van der Waals surface area contributed by atoms with Crippen molar-refractivity contribution < 1.29 is 9.53 Å². The van der Waals surface area contributed by atoms with Crippen LogP contribution in [0.15, 0.2) is 58.9 Å². The fraction of sp³-hybridized carbons (Fsp3) is 0.333. The minimum atomic E-state index is -0.0822. The molecule has 2 aliphatic heterocycles. The first-order valence-electron chi connectivity index (χ1n) is 10.9. The molecule has 1 amide bonds. The summed E-state index contributed by atoms with van der Waals surface area (Å²) in [5, 5.41) is 19.9. The van der Waals surface area contributed by atoms with Gasteiger partial charge in [-0.25, -0.2) is 0 Å².